The molecular formula is C13H19N3OS. The molecule has 4 nitrogen and oxygen atoms in total. The van der Waals surface area contributed by atoms with Crippen molar-refractivity contribution in [2.45, 2.75) is 17.9 Å². The van der Waals surface area contributed by atoms with E-state index in [0.29, 0.717) is 0 Å². The summed E-state index contributed by atoms with van der Waals surface area (Å²) in [5.41, 5.74) is 1.17. The molecule has 1 aliphatic heterocycles. The van der Waals surface area contributed by atoms with Crippen LogP contribution in [0.4, 0.5) is 0 Å². The van der Waals surface area contributed by atoms with E-state index < -0.39 is 10.8 Å². The van der Waals surface area contributed by atoms with Gasteiger partial charge in [0.1, 0.15) is 0 Å². The largest absolute Gasteiger partial charge is 0.350 e. The number of aliphatic imine (C=N–C) groups is 1. The number of hydrogen-bond acceptors (Lipinski definition) is 4. The Hall–Kier alpha value is -1.36. The second-order valence-electron chi connectivity index (χ2n) is 4.52. The van der Waals surface area contributed by atoms with Gasteiger partial charge in [0, 0.05) is 35.5 Å². The number of guanidine groups is 1. The average Bonchev–Trinajstić information content (AvgIpc) is 2.75. The Bertz CT molecular complexity index is 470. The van der Waals surface area contributed by atoms with E-state index in [2.05, 4.69) is 22.1 Å². The van der Waals surface area contributed by atoms with Crippen LogP contribution < -0.4 is 5.32 Å². The molecule has 5 heteroatoms. The van der Waals surface area contributed by atoms with Gasteiger partial charge in [-0.3, -0.25) is 9.20 Å². The Labute approximate surface area is 111 Å². The number of hydrogen-bond donors (Lipinski definition) is 1. The van der Waals surface area contributed by atoms with E-state index in [0.717, 1.165) is 23.9 Å². The number of nitrogens with one attached hydrogen (secondary N) is 1. The van der Waals surface area contributed by atoms with E-state index in [-0.39, 0.29) is 6.04 Å². The van der Waals surface area contributed by atoms with Crippen LogP contribution in [0, 0.1) is 0 Å². The monoisotopic (exact) mass is 265 g/mol. The van der Waals surface area contributed by atoms with Crippen LogP contribution in [0.1, 0.15) is 18.5 Å². The normalized spacial score (nSPS) is 18.4. The summed E-state index contributed by atoms with van der Waals surface area (Å²) >= 11 is 0. The third-order valence-electron chi connectivity index (χ3n) is 3.12. The minimum absolute atomic E-state index is 0.198. The van der Waals surface area contributed by atoms with Crippen molar-refractivity contribution in [1.29, 1.82) is 0 Å². The summed E-state index contributed by atoms with van der Waals surface area (Å²) in [6.45, 7) is 3.94. The SMILES string of the molecule is CC(NC1=NCCN1C)c1ccc(S(C)=O)cc1. The van der Waals surface area contributed by atoms with Crippen LogP contribution in [-0.2, 0) is 10.8 Å². The van der Waals surface area contributed by atoms with Crippen LogP contribution >= 0.6 is 0 Å². The fraction of sp³-hybridized carbons (Fsp3) is 0.462. The van der Waals surface area contributed by atoms with Crippen molar-refractivity contribution in [1.82, 2.24) is 10.2 Å². The van der Waals surface area contributed by atoms with Gasteiger partial charge in [0.25, 0.3) is 0 Å². The summed E-state index contributed by atoms with van der Waals surface area (Å²) in [6, 6.07) is 8.07. The molecule has 0 aromatic heterocycles. The fourth-order valence-corrected chi connectivity index (χ4v) is 2.43. The van der Waals surface area contributed by atoms with Crippen molar-refractivity contribution in [3.63, 3.8) is 0 Å². The first kappa shape index (κ1) is 13.1. The van der Waals surface area contributed by atoms with E-state index in [9.17, 15) is 4.21 Å². The van der Waals surface area contributed by atoms with Crippen LogP contribution in [0.3, 0.4) is 0 Å². The molecule has 2 unspecified atom stereocenters. The highest BCUT2D eigenvalue weighted by atomic mass is 32.2. The minimum Gasteiger partial charge on any atom is -0.350 e. The minimum atomic E-state index is -0.912. The van der Waals surface area contributed by atoms with Gasteiger partial charge < -0.3 is 10.2 Å². The van der Waals surface area contributed by atoms with Crippen molar-refractivity contribution >= 4 is 16.8 Å². The van der Waals surface area contributed by atoms with Crippen LogP contribution in [-0.4, -0.2) is 41.5 Å². The maximum absolute atomic E-state index is 11.3. The summed E-state index contributed by atoms with van der Waals surface area (Å²) in [5, 5.41) is 3.39. The zero-order valence-electron chi connectivity index (χ0n) is 11.0. The maximum Gasteiger partial charge on any atom is 0.194 e. The molecule has 1 aromatic rings. The summed E-state index contributed by atoms with van der Waals surface area (Å²) in [4.78, 5) is 7.39. The third kappa shape index (κ3) is 2.90. The molecule has 0 saturated heterocycles. The first-order chi connectivity index (χ1) is 8.58. The average molecular weight is 265 g/mol. The van der Waals surface area contributed by atoms with Crippen molar-refractivity contribution in [2.24, 2.45) is 4.99 Å². The fourth-order valence-electron chi connectivity index (χ4n) is 1.91. The van der Waals surface area contributed by atoms with Gasteiger partial charge in [-0.15, -0.1) is 0 Å². The molecule has 1 aromatic carbocycles. The molecule has 0 spiro atoms. The molecule has 0 aliphatic carbocycles. The quantitative estimate of drug-likeness (QED) is 0.898. The van der Waals surface area contributed by atoms with Gasteiger partial charge in [-0.1, -0.05) is 12.1 Å². The molecule has 18 heavy (non-hydrogen) atoms. The second-order valence-corrected chi connectivity index (χ2v) is 5.90. The van der Waals surface area contributed by atoms with Crippen molar-refractivity contribution in [3.05, 3.63) is 29.8 Å². The first-order valence-electron chi connectivity index (χ1n) is 6.03. The lowest BCUT2D eigenvalue weighted by molar-refractivity contribution is 0.520. The Morgan fingerprint density at radius 3 is 2.56 bits per heavy atom. The summed E-state index contributed by atoms with van der Waals surface area (Å²) in [7, 11) is 1.12. The lowest BCUT2D eigenvalue weighted by Gasteiger charge is -2.20. The summed E-state index contributed by atoms with van der Waals surface area (Å²) in [5.74, 6) is 0.950. The Morgan fingerprint density at radius 2 is 2.06 bits per heavy atom. The smallest absolute Gasteiger partial charge is 0.194 e. The van der Waals surface area contributed by atoms with E-state index in [1.165, 1.54) is 5.56 Å². The molecule has 2 atom stereocenters. The molecule has 1 N–H and O–H groups in total. The van der Waals surface area contributed by atoms with Crippen molar-refractivity contribution in [2.75, 3.05) is 26.4 Å². The van der Waals surface area contributed by atoms with Gasteiger partial charge in [-0.2, -0.15) is 0 Å². The number of rotatable bonds is 3. The summed E-state index contributed by atoms with van der Waals surface area (Å²) < 4.78 is 11.3. The molecule has 0 bridgehead atoms. The standard InChI is InChI=1S/C13H19N3OS/c1-10(15-13-14-8-9-16(13)2)11-4-6-12(7-5-11)18(3)17/h4-7,10H,8-9H2,1-3H3,(H,14,15). The summed E-state index contributed by atoms with van der Waals surface area (Å²) in [6.07, 6.45) is 1.69. The molecule has 1 heterocycles. The van der Waals surface area contributed by atoms with Crippen molar-refractivity contribution < 1.29 is 4.21 Å². The molecule has 98 valence electrons. The van der Waals surface area contributed by atoms with Crippen LogP contribution in [0.25, 0.3) is 0 Å². The molecular weight excluding hydrogens is 246 g/mol. The number of benzene rings is 1. The molecule has 0 fully saturated rings. The zero-order chi connectivity index (χ0) is 13.1. The number of likely N-dealkylation sites (N-methyl/N-ethyl adjacent to an activating group) is 1. The molecule has 0 saturated carbocycles. The molecule has 0 radical (unpaired) electrons. The maximum atomic E-state index is 11.3. The van der Waals surface area contributed by atoms with E-state index in [1.54, 1.807) is 6.26 Å². The van der Waals surface area contributed by atoms with Gasteiger partial charge in [0.2, 0.25) is 0 Å². The predicted molar refractivity (Wildman–Crippen MR) is 75.3 cm³/mol. The number of nitrogens with zero attached hydrogens (tertiary/aromatic N) is 2. The van der Waals surface area contributed by atoms with Crippen molar-refractivity contribution in [3.8, 4) is 0 Å². The highest BCUT2D eigenvalue weighted by Gasteiger charge is 2.15. The van der Waals surface area contributed by atoms with Gasteiger partial charge in [-0.25, -0.2) is 0 Å². The van der Waals surface area contributed by atoms with Gasteiger partial charge >= 0.3 is 0 Å². The van der Waals surface area contributed by atoms with Gasteiger partial charge in [0.15, 0.2) is 5.96 Å². The van der Waals surface area contributed by atoms with Crippen LogP contribution in [0.15, 0.2) is 34.2 Å². The van der Waals surface area contributed by atoms with E-state index in [1.807, 2.05) is 31.3 Å². The zero-order valence-corrected chi connectivity index (χ0v) is 11.8. The molecule has 2 rings (SSSR count). The Balaban J connectivity index is 2.04. The van der Waals surface area contributed by atoms with Crippen LogP contribution in [0.5, 0.6) is 0 Å². The predicted octanol–water partition coefficient (Wildman–Crippen LogP) is 1.38. The second kappa shape index (κ2) is 5.52. The van der Waals surface area contributed by atoms with Gasteiger partial charge in [-0.05, 0) is 24.6 Å². The third-order valence-corrected chi connectivity index (χ3v) is 4.05. The highest BCUT2D eigenvalue weighted by molar-refractivity contribution is 7.84. The van der Waals surface area contributed by atoms with Crippen LogP contribution in [0.2, 0.25) is 0 Å². The Kier molecular flexibility index (Phi) is 4.01. The van der Waals surface area contributed by atoms with E-state index >= 15 is 0 Å². The molecule has 0 amide bonds. The lowest BCUT2D eigenvalue weighted by atomic mass is 10.1. The first-order valence-corrected chi connectivity index (χ1v) is 7.59. The topological polar surface area (TPSA) is 44.7 Å². The van der Waals surface area contributed by atoms with E-state index in [4.69, 9.17) is 0 Å². The Morgan fingerprint density at radius 1 is 1.39 bits per heavy atom. The van der Waals surface area contributed by atoms with Gasteiger partial charge in [0.05, 0.1) is 12.6 Å². The lowest BCUT2D eigenvalue weighted by Crippen LogP contribution is -2.37. The molecule has 1 aliphatic rings. The highest BCUT2D eigenvalue weighted by Crippen LogP contribution is 2.15.